The molecular formula is C10H5F3O2S. The summed E-state index contributed by atoms with van der Waals surface area (Å²) >= 11 is 0.639. The lowest BCUT2D eigenvalue weighted by atomic mass is 10.2. The van der Waals surface area contributed by atoms with Gasteiger partial charge in [0.1, 0.15) is 10.6 Å². The number of rotatable bonds is 1. The van der Waals surface area contributed by atoms with Gasteiger partial charge in [0.2, 0.25) is 0 Å². The van der Waals surface area contributed by atoms with Gasteiger partial charge in [-0.05, 0) is 12.1 Å². The Bertz CT molecular complexity index is 557. The SMILES string of the molecule is O=C(c1sc2ccccc2c1O)C(F)(F)F. The monoisotopic (exact) mass is 246 g/mol. The molecular weight excluding hydrogens is 241 g/mol. The van der Waals surface area contributed by atoms with Crippen molar-refractivity contribution in [3.05, 3.63) is 29.1 Å². The van der Waals surface area contributed by atoms with Crippen LogP contribution in [0.15, 0.2) is 24.3 Å². The maximum absolute atomic E-state index is 12.2. The van der Waals surface area contributed by atoms with Gasteiger partial charge >= 0.3 is 6.18 Å². The molecule has 0 spiro atoms. The van der Waals surface area contributed by atoms with Crippen LogP contribution in [0, 0.1) is 0 Å². The fraction of sp³-hybridized carbons (Fsp3) is 0.100. The van der Waals surface area contributed by atoms with Crippen LogP contribution in [0.2, 0.25) is 0 Å². The first kappa shape index (κ1) is 10.9. The lowest BCUT2D eigenvalue weighted by molar-refractivity contribution is -0.0883. The normalized spacial score (nSPS) is 11.9. The summed E-state index contributed by atoms with van der Waals surface area (Å²) in [6.45, 7) is 0. The predicted molar refractivity (Wildman–Crippen MR) is 53.9 cm³/mol. The molecule has 1 aromatic heterocycles. The van der Waals surface area contributed by atoms with Crippen LogP contribution < -0.4 is 0 Å². The average Bonchev–Trinajstić information content (AvgIpc) is 2.54. The second kappa shape index (κ2) is 3.48. The van der Waals surface area contributed by atoms with Gasteiger partial charge in [-0.15, -0.1) is 11.3 Å². The van der Waals surface area contributed by atoms with Gasteiger partial charge in [0.05, 0.1) is 0 Å². The summed E-state index contributed by atoms with van der Waals surface area (Å²) in [7, 11) is 0. The van der Waals surface area contributed by atoms with Gasteiger partial charge < -0.3 is 5.11 Å². The molecule has 0 saturated heterocycles. The van der Waals surface area contributed by atoms with E-state index in [1.165, 1.54) is 6.07 Å². The first-order valence-corrected chi connectivity index (χ1v) is 5.05. The van der Waals surface area contributed by atoms with Crippen LogP contribution in [-0.4, -0.2) is 17.1 Å². The Kier molecular flexibility index (Phi) is 2.38. The van der Waals surface area contributed by atoms with Crippen molar-refractivity contribution in [3.8, 4) is 5.75 Å². The molecule has 0 saturated carbocycles. The van der Waals surface area contributed by atoms with Gasteiger partial charge in [0, 0.05) is 10.1 Å². The van der Waals surface area contributed by atoms with Crippen molar-refractivity contribution < 1.29 is 23.1 Å². The quantitative estimate of drug-likeness (QED) is 0.783. The van der Waals surface area contributed by atoms with E-state index in [0.29, 0.717) is 16.0 Å². The summed E-state index contributed by atoms with van der Waals surface area (Å²) in [6.07, 6.45) is -4.96. The molecule has 0 radical (unpaired) electrons. The molecule has 0 fully saturated rings. The van der Waals surface area contributed by atoms with E-state index in [2.05, 4.69) is 0 Å². The molecule has 0 aliphatic heterocycles. The number of thiophene rings is 1. The topological polar surface area (TPSA) is 37.3 Å². The third-order valence-electron chi connectivity index (χ3n) is 2.03. The number of hydrogen-bond acceptors (Lipinski definition) is 3. The van der Waals surface area contributed by atoms with Crippen LogP contribution in [-0.2, 0) is 0 Å². The van der Waals surface area contributed by atoms with E-state index in [1.807, 2.05) is 0 Å². The second-order valence-corrected chi connectivity index (χ2v) is 4.16. The number of halogens is 3. The number of fused-ring (bicyclic) bond motifs is 1. The molecule has 0 atom stereocenters. The van der Waals surface area contributed by atoms with Crippen molar-refractivity contribution in [2.45, 2.75) is 6.18 Å². The van der Waals surface area contributed by atoms with E-state index in [1.54, 1.807) is 18.2 Å². The molecule has 6 heteroatoms. The Morgan fingerprint density at radius 1 is 1.25 bits per heavy atom. The summed E-state index contributed by atoms with van der Waals surface area (Å²) in [6, 6.07) is 6.22. The molecule has 0 aliphatic carbocycles. The molecule has 16 heavy (non-hydrogen) atoms. The fourth-order valence-corrected chi connectivity index (χ4v) is 2.37. The van der Waals surface area contributed by atoms with Crippen LogP contribution in [0.3, 0.4) is 0 Å². The zero-order chi connectivity index (χ0) is 11.9. The van der Waals surface area contributed by atoms with Crippen LogP contribution in [0.25, 0.3) is 10.1 Å². The zero-order valence-electron chi connectivity index (χ0n) is 7.71. The predicted octanol–water partition coefficient (Wildman–Crippen LogP) is 3.35. The Balaban J connectivity index is 2.63. The summed E-state index contributed by atoms with van der Waals surface area (Å²) in [5, 5.41) is 9.78. The van der Waals surface area contributed by atoms with Crippen molar-refractivity contribution in [2.75, 3.05) is 0 Å². The van der Waals surface area contributed by atoms with Crippen LogP contribution in [0.4, 0.5) is 13.2 Å². The first-order chi connectivity index (χ1) is 7.41. The summed E-state index contributed by atoms with van der Waals surface area (Å²) in [5.41, 5.74) is 0. The zero-order valence-corrected chi connectivity index (χ0v) is 8.52. The number of Topliss-reactive ketones (excluding diaryl/α,β-unsaturated/α-hetero) is 1. The minimum absolute atomic E-state index is 0.264. The summed E-state index contributed by atoms with van der Waals surface area (Å²) in [5.74, 6) is -2.60. The van der Waals surface area contributed by atoms with Gasteiger partial charge in [-0.2, -0.15) is 13.2 Å². The number of alkyl halides is 3. The largest absolute Gasteiger partial charge is 0.506 e. The second-order valence-electron chi connectivity index (χ2n) is 3.10. The van der Waals surface area contributed by atoms with E-state index in [4.69, 9.17) is 0 Å². The third-order valence-corrected chi connectivity index (χ3v) is 3.19. The maximum atomic E-state index is 12.2. The molecule has 0 bridgehead atoms. The van der Waals surface area contributed by atoms with Crippen LogP contribution in [0.1, 0.15) is 9.67 Å². The van der Waals surface area contributed by atoms with Gasteiger partial charge in [-0.3, -0.25) is 4.79 Å². The molecule has 1 aromatic carbocycles. The van der Waals surface area contributed by atoms with Gasteiger partial charge in [0.15, 0.2) is 0 Å². The molecule has 0 amide bonds. The highest BCUT2D eigenvalue weighted by Crippen LogP contribution is 2.39. The first-order valence-electron chi connectivity index (χ1n) is 4.23. The minimum Gasteiger partial charge on any atom is -0.506 e. The van der Waals surface area contributed by atoms with Crippen molar-refractivity contribution in [2.24, 2.45) is 0 Å². The van der Waals surface area contributed by atoms with E-state index >= 15 is 0 Å². The number of benzene rings is 1. The maximum Gasteiger partial charge on any atom is 0.455 e. The minimum atomic E-state index is -4.96. The van der Waals surface area contributed by atoms with Crippen LogP contribution >= 0.6 is 11.3 Å². The average molecular weight is 246 g/mol. The summed E-state index contributed by atoms with van der Waals surface area (Å²) < 4.78 is 37.0. The van der Waals surface area contributed by atoms with Crippen LogP contribution in [0.5, 0.6) is 5.75 Å². The van der Waals surface area contributed by atoms with Gasteiger partial charge in [0.25, 0.3) is 5.78 Å². The van der Waals surface area contributed by atoms with Crippen molar-refractivity contribution in [1.29, 1.82) is 0 Å². The molecule has 1 N–H and O–H groups in total. The number of carbonyl (C=O) groups is 1. The van der Waals surface area contributed by atoms with E-state index in [0.717, 1.165) is 0 Å². The smallest absolute Gasteiger partial charge is 0.455 e. The molecule has 0 aliphatic rings. The molecule has 2 rings (SSSR count). The van der Waals surface area contributed by atoms with Gasteiger partial charge in [-0.1, -0.05) is 12.1 Å². The van der Waals surface area contributed by atoms with Gasteiger partial charge in [-0.25, -0.2) is 0 Å². The fourth-order valence-electron chi connectivity index (χ4n) is 1.31. The molecule has 2 aromatic rings. The molecule has 1 heterocycles. The standard InChI is InChI=1S/C10H5F3O2S/c11-10(12,13)9(15)8-7(14)5-3-1-2-4-6(5)16-8/h1-4,14H. The Hall–Kier alpha value is -1.56. The Morgan fingerprint density at radius 2 is 1.88 bits per heavy atom. The summed E-state index contributed by atoms with van der Waals surface area (Å²) in [4.78, 5) is 10.3. The highest BCUT2D eigenvalue weighted by atomic mass is 32.1. The van der Waals surface area contributed by atoms with E-state index in [-0.39, 0.29) is 5.39 Å². The van der Waals surface area contributed by atoms with E-state index in [9.17, 15) is 23.1 Å². The molecule has 84 valence electrons. The van der Waals surface area contributed by atoms with Crippen molar-refractivity contribution >= 4 is 27.2 Å². The number of hydrogen-bond donors (Lipinski definition) is 1. The Morgan fingerprint density at radius 3 is 2.44 bits per heavy atom. The highest BCUT2D eigenvalue weighted by Gasteiger charge is 2.42. The van der Waals surface area contributed by atoms with Crippen molar-refractivity contribution in [1.82, 2.24) is 0 Å². The number of ketones is 1. The highest BCUT2D eigenvalue weighted by molar-refractivity contribution is 7.21. The third kappa shape index (κ3) is 1.65. The lowest BCUT2D eigenvalue weighted by Crippen LogP contribution is -2.21. The van der Waals surface area contributed by atoms with Crippen molar-refractivity contribution in [3.63, 3.8) is 0 Å². The Labute approximate surface area is 91.9 Å². The molecule has 0 unspecified atom stereocenters. The van der Waals surface area contributed by atoms with E-state index < -0.39 is 22.6 Å². The lowest BCUT2D eigenvalue weighted by Gasteiger charge is -2.02. The number of carbonyl (C=O) groups excluding carboxylic acids is 1. The number of aromatic hydroxyl groups is 1. The molecule has 2 nitrogen and oxygen atoms in total.